The summed E-state index contributed by atoms with van der Waals surface area (Å²) in [4.78, 5) is 57.3. The summed E-state index contributed by atoms with van der Waals surface area (Å²) in [5.41, 5.74) is -1.09. The van der Waals surface area contributed by atoms with Gasteiger partial charge in [-0.15, -0.1) is 0 Å². The third-order valence-corrected chi connectivity index (χ3v) is 7.98. The molecule has 0 aromatic heterocycles. The number of rotatable bonds is 6. The van der Waals surface area contributed by atoms with E-state index in [9.17, 15) is 23.6 Å². The van der Waals surface area contributed by atoms with Crippen molar-refractivity contribution in [1.29, 1.82) is 0 Å². The number of benzene rings is 3. The van der Waals surface area contributed by atoms with Crippen LogP contribution in [0.25, 0.3) is 0 Å². The summed E-state index contributed by atoms with van der Waals surface area (Å²) in [6.45, 7) is 1.62. The van der Waals surface area contributed by atoms with E-state index in [2.05, 4.69) is 5.32 Å². The lowest BCUT2D eigenvalue weighted by Crippen LogP contribution is -2.53. The van der Waals surface area contributed by atoms with Crippen molar-refractivity contribution < 1.29 is 28.3 Å². The second kappa shape index (κ2) is 10.2. The summed E-state index contributed by atoms with van der Waals surface area (Å²) in [5.74, 6) is -6.00. The number of likely N-dealkylation sites (N-methyl/N-ethyl adjacent to an activating group) is 1. The number of ketones is 2. The number of carbonyl (C=O) groups excluding carboxylic acids is 4. The van der Waals surface area contributed by atoms with Gasteiger partial charge in [0.1, 0.15) is 17.4 Å². The van der Waals surface area contributed by atoms with Gasteiger partial charge in [0.2, 0.25) is 5.91 Å². The molecule has 2 heterocycles. The van der Waals surface area contributed by atoms with Crippen LogP contribution in [0.5, 0.6) is 0 Å². The predicted molar refractivity (Wildman–Crippen MR) is 143 cm³/mol. The highest BCUT2D eigenvalue weighted by molar-refractivity contribution is 6.31. The van der Waals surface area contributed by atoms with E-state index in [0.29, 0.717) is 10.0 Å². The fourth-order valence-corrected chi connectivity index (χ4v) is 6.09. The summed E-state index contributed by atoms with van der Waals surface area (Å²) in [6, 6.07) is 14.4. The maximum Gasteiger partial charge on any atom is 0.324 e. The number of Topliss-reactive ketones (excluding diaryl/α,β-unsaturated/α-hetero) is 2. The SMILES string of the molecule is CCOC(=O)C1C(C(=O)c2ccc(Cl)cc2)C(C(=O)c2ccc(Cl)cc2)C2(C(=O)Nc3ccc(F)cc32)N1C. The fourth-order valence-electron chi connectivity index (χ4n) is 5.84. The Morgan fingerprint density at radius 2 is 1.51 bits per heavy atom. The number of halogens is 3. The molecule has 200 valence electrons. The minimum absolute atomic E-state index is 0.00520. The van der Waals surface area contributed by atoms with Crippen molar-refractivity contribution in [2.45, 2.75) is 18.5 Å². The zero-order chi connectivity index (χ0) is 28.1. The molecule has 4 atom stereocenters. The lowest BCUT2D eigenvalue weighted by atomic mass is 9.69. The molecule has 2 aliphatic heterocycles. The molecule has 2 aliphatic rings. The van der Waals surface area contributed by atoms with Crippen molar-refractivity contribution in [3.05, 3.63) is 99.3 Å². The Kier molecular flexibility index (Phi) is 7.05. The first-order chi connectivity index (χ1) is 18.6. The molecule has 0 saturated carbocycles. The molecule has 0 aliphatic carbocycles. The second-order valence-corrected chi connectivity index (χ2v) is 10.3. The number of nitrogens with zero attached hydrogens (tertiary/aromatic N) is 1. The van der Waals surface area contributed by atoms with Gasteiger partial charge in [0.15, 0.2) is 11.6 Å². The average molecular weight is 569 g/mol. The smallest absolute Gasteiger partial charge is 0.324 e. The number of fused-ring (bicyclic) bond motifs is 2. The van der Waals surface area contributed by atoms with Crippen LogP contribution in [0.15, 0.2) is 66.7 Å². The van der Waals surface area contributed by atoms with E-state index >= 15 is 0 Å². The van der Waals surface area contributed by atoms with Crippen molar-refractivity contribution in [2.75, 3.05) is 19.0 Å². The summed E-state index contributed by atoms with van der Waals surface area (Å²) in [5, 5.41) is 3.50. The number of hydrogen-bond donors (Lipinski definition) is 1. The molecule has 4 unspecified atom stereocenters. The zero-order valence-corrected chi connectivity index (χ0v) is 22.4. The van der Waals surface area contributed by atoms with Crippen molar-refractivity contribution in [3.8, 4) is 0 Å². The van der Waals surface area contributed by atoms with E-state index in [0.717, 1.165) is 6.07 Å². The molecular weight excluding hydrogens is 546 g/mol. The van der Waals surface area contributed by atoms with Gasteiger partial charge in [-0.25, -0.2) is 4.39 Å². The average Bonchev–Trinajstić information content (AvgIpc) is 3.35. The summed E-state index contributed by atoms with van der Waals surface area (Å²) >= 11 is 12.1. The zero-order valence-electron chi connectivity index (χ0n) is 20.9. The first-order valence-electron chi connectivity index (χ1n) is 12.2. The van der Waals surface area contributed by atoms with Crippen molar-refractivity contribution >= 4 is 52.3 Å². The minimum atomic E-state index is -1.89. The number of hydrogen-bond acceptors (Lipinski definition) is 6. The lowest BCUT2D eigenvalue weighted by Gasteiger charge is -2.35. The van der Waals surface area contributed by atoms with Crippen LogP contribution in [-0.4, -0.2) is 48.0 Å². The first-order valence-corrected chi connectivity index (χ1v) is 13.0. The van der Waals surface area contributed by atoms with Crippen molar-refractivity contribution in [1.82, 2.24) is 4.90 Å². The van der Waals surface area contributed by atoms with Crippen LogP contribution in [0, 0.1) is 17.7 Å². The molecule has 0 radical (unpaired) electrons. The number of nitrogens with one attached hydrogen (secondary N) is 1. The Bertz CT molecular complexity index is 1490. The van der Waals surface area contributed by atoms with Crippen molar-refractivity contribution in [2.24, 2.45) is 11.8 Å². The van der Waals surface area contributed by atoms with Crippen molar-refractivity contribution in [3.63, 3.8) is 0 Å². The van der Waals surface area contributed by atoms with Gasteiger partial charge >= 0.3 is 5.97 Å². The van der Waals surface area contributed by atoms with Crippen LogP contribution >= 0.6 is 23.2 Å². The monoisotopic (exact) mass is 568 g/mol. The lowest BCUT2D eigenvalue weighted by molar-refractivity contribution is -0.150. The second-order valence-electron chi connectivity index (χ2n) is 9.46. The van der Waals surface area contributed by atoms with Gasteiger partial charge in [-0.05, 0) is 80.7 Å². The van der Waals surface area contributed by atoms with Gasteiger partial charge in [-0.3, -0.25) is 24.1 Å². The molecule has 3 aromatic rings. The molecule has 1 N–H and O–H groups in total. The first kappa shape index (κ1) is 27.0. The predicted octanol–water partition coefficient (Wildman–Crippen LogP) is 5.16. The molecule has 7 nitrogen and oxygen atoms in total. The number of likely N-dealkylation sites (tertiary alicyclic amines) is 1. The largest absolute Gasteiger partial charge is 0.465 e. The molecule has 0 bridgehead atoms. The number of ether oxygens (including phenoxy) is 1. The van der Waals surface area contributed by atoms with E-state index in [4.69, 9.17) is 27.9 Å². The third-order valence-electron chi connectivity index (χ3n) is 7.48. The Morgan fingerprint density at radius 3 is 2.08 bits per heavy atom. The van der Waals surface area contributed by atoms with E-state index in [1.54, 1.807) is 6.92 Å². The topological polar surface area (TPSA) is 92.8 Å². The quantitative estimate of drug-likeness (QED) is 0.326. The highest BCUT2D eigenvalue weighted by atomic mass is 35.5. The van der Waals surface area contributed by atoms with E-state index in [1.807, 2.05) is 0 Å². The number of anilines is 1. The maximum absolute atomic E-state index is 14.7. The number of amides is 1. The van der Waals surface area contributed by atoms with Crippen LogP contribution < -0.4 is 5.32 Å². The van der Waals surface area contributed by atoms with Crippen LogP contribution in [0.1, 0.15) is 33.2 Å². The Morgan fingerprint density at radius 1 is 0.949 bits per heavy atom. The van der Waals surface area contributed by atoms with E-state index in [1.165, 1.54) is 72.6 Å². The third kappa shape index (κ3) is 4.23. The molecule has 10 heteroatoms. The Hall–Kier alpha value is -3.59. The van der Waals surface area contributed by atoms with Gasteiger partial charge in [0.05, 0.1) is 18.4 Å². The van der Waals surface area contributed by atoms with Crippen LogP contribution in [-0.2, 0) is 19.9 Å². The number of carbonyl (C=O) groups is 4. The molecular formula is C29H23Cl2FN2O5. The molecule has 39 heavy (non-hydrogen) atoms. The summed E-state index contributed by atoms with van der Waals surface area (Å²) in [7, 11) is 1.47. The van der Waals surface area contributed by atoms with Crippen LogP contribution in [0.2, 0.25) is 10.0 Å². The van der Waals surface area contributed by atoms with E-state index in [-0.39, 0.29) is 29.0 Å². The normalized spacial score (nSPS) is 23.9. The highest BCUT2D eigenvalue weighted by Crippen LogP contribution is 2.56. The molecule has 1 spiro atoms. The van der Waals surface area contributed by atoms with Crippen LogP contribution in [0.4, 0.5) is 10.1 Å². The minimum Gasteiger partial charge on any atom is -0.465 e. The van der Waals surface area contributed by atoms with Crippen LogP contribution in [0.3, 0.4) is 0 Å². The maximum atomic E-state index is 14.7. The summed E-state index contributed by atoms with van der Waals surface area (Å²) < 4.78 is 20.0. The molecule has 5 rings (SSSR count). The standard InChI is InChI=1S/C29H23Cl2FN2O5/c1-3-39-27(37)24-22(25(35)15-4-8-17(30)9-5-15)23(26(36)16-6-10-18(31)11-7-16)29(34(24)2)20-14-19(32)12-13-21(20)33-28(29)38/h4-14,22-24H,3H2,1-2H3,(H,33,38). The molecule has 1 fully saturated rings. The van der Waals surface area contributed by atoms with Gasteiger partial charge in [0.25, 0.3) is 0 Å². The Balaban J connectivity index is 1.80. The van der Waals surface area contributed by atoms with Gasteiger partial charge < -0.3 is 10.1 Å². The molecule has 1 amide bonds. The molecule has 1 saturated heterocycles. The van der Waals surface area contributed by atoms with Gasteiger partial charge in [-0.2, -0.15) is 0 Å². The fraction of sp³-hybridized carbons (Fsp3) is 0.241. The number of esters is 1. The van der Waals surface area contributed by atoms with E-state index < -0.39 is 52.7 Å². The summed E-state index contributed by atoms with van der Waals surface area (Å²) in [6.07, 6.45) is 0. The highest BCUT2D eigenvalue weighted by Gasteiger charge is 2.70. The van der Waals surface area contributed by atoms with Gasteiger partial charge in [-0.1, -0.05) is 23.2 Å². The Labute approximate surface area is 233 Å². The van der Waals surface area contributed by atoms with Gasteiger partial charge in [0, 0.05) is 32.4 Å². The molecule has 3 aromatic carbocycles.